The second kappa shape index (κ2) is 7.35. The molecule has 7 nitrogen and oxygen atoms in total. The lowest BCUT2D eigenvalue weighted by molar-refractivity contribution is -0.144. The summed E-state index contributed by atoms with van der Waals surface area (Å²) >= 11 is 1.34. The van der Waals surface area contributed by atoms with Gasteiger partial charge in [-0.05, 0) is 12.8 Å². The highest BCUT2D eigenvalue weighted by atomic mass is 32.1. The number of carboxylic acid groups (broad SMARTS) is 1. The third kappa shape index (κ3) is 4.03. The van der Waals surface area contributed by atoms with Crippen LogP contribution in [0, 0.1) is 0 Å². The van der Waals surface area contributed by atoms with Crippen LogP contribution in [0.15, 0.2) is 5.38 Å². The topological polar surface area (TPSA) is 90.8 Å². The Morgan fingerprint density at radius 3 is 2.86 bits per heavy atom. The maximum atomic E-state index is 12.2. The van der Waals surface area contributed by atoms with Gasteiger partial charge < -0.3 is 10.0 Å². The molecule has 22 heavy (non-hydrogen) atoms. The first-order valence-corrected chi connectivity index (χ1v) is 8.13. The first-order valence-electron chi connectivity index (χ1n) is 7.25. The van der Waals surface area contributed by atoms with E-state index >= 15 is 0 Å². The predicted octanol–water partition coefficient (Wildman–Crippen LogP) is 1.14. The average molecular weight is 325 g/mol. The lowest BCUT2D eigenvalue weighted by atomic mass is 10.3. The smallest absolute Gasteiger partial charge is 0.323 e. The number of carbonyl (C=O) groups is 3. The fourth-order valence-corrected chi connectivity index (χ4v) is 3.21. The minimum absolute atomic E-state index is 0.0608. The van der Waals surface area contributed by atoms with Crippen LogP contribution in [-0.4, -0.2) is 52.4 Å². The van der Waals surface area contributed by atoms with Gasteiger partial charge in [-0.1, -0.05) is 6.92 Å². The number of rotatable bonds is 7. The zero-order valence-corrected chi connectivity index (χ0v) is 13.3. The van der Waals surface area contributed by atoms with Crippen molar-refractivity contribution in [1.29, 1.82) is 0 Å². The van der Waals surface area contributed by atoms with Gasteiger partial charge in [0.05, 0.1) is 12.1 Å². The Kier molecular flexibility index (Phi) is 5.48. The molecule has 1 saturated heterocycles. The fourth-order valence-electron chi connectivity index (χ4n) is 2.34. The highest BCUT2D eigenvalue weighted by Gasteiger charge is 2.25. The summed E-state index contributed by atoms with van der Waals surface area (Å²) in [5.41, 5.74) is 0.580. The Labute approximate surface area is 132 Å². The molecule has 1 aliphatic rings. The minimum atomic E-state index is -1.02. The Bertz CT molecular complexity index is 572. The number of nitrogens with zero attached hydrogens (tertiary/aromatic N) is 3. The van der Waals surface area contributed by atoms with Crippen LogP contribution in [0.2, 0.25) is 0 Å². The van der Waals surface area contributed by atoms with Crippen LogP contribution in [0.4, 0.5) is 5.13 Å². The molecule has 1 fully saturated rings. The molecule has 1 N–H and O–H groups in total. The van der Waals surface area contributed by atoms with Crippen molar-refractivity contribution in [2.75, 3.05) is 24.5 Å². The molecule has 0 aromatic carbocycles. The highest BCUT2D eigenvalue weighted by Crippen LogP contribution is 2.25. The molecule has 0 bridgehead atoms. The number of aliphatic carboxylic acids is 1. The number of thiazole rings is 1. The maximum Gasteiger partial charge on any atom is 0.323 e. The number of carbonyl (C=O) groups excluding carboxylic acids is 2. The van der Waals surface area contributed by atoms with Crippen molar-refractivity contribution in [2.45, 2.75) is 32.6 Å². The summed E-state index contributed by atoms with van der Waals surface area (Å²) in [6, 6.07) is 0. The maximum absolute atomic E-state index is 12.2. The molecule has 0 radical (unpaired) electrons. The summed E-state index contributed by atoms with van der Waals surface area (Å²) in [6.45, 7) is 2.67. The van der Waals surface area contributed by atoms with Crippen LogP contribution in [0.25, 0.3) is 0 Å². The largest absolute Gasteiger partial charge is 0.480 e. The predicted molar refractivity (Wildman–Crippen MR) is 81.9 cm³/mol. The van der Waals surface area contributed by atoms with Crippen molar-refractivity contribution >= 4 is 34.3 Å². The Morgan fingerprint density at radius 1 is 1.50 bits per heavy atom. The number of carboxylic acids is 1. The lowest BCUT2D eigenvalue weighted by Crippen LogP contribution is -2.37. The van der Waals surface area contributed by atoms with Crippen molar-refractivity contribution < 1.29 is 19.5 Å². The van der Waals surface area contributed by atoms with E-state index < -0.39 is 5.97 Å². The molecule has 0 aliphatic carbocycles. The molecule has 0 atom stereocenters. The summed E-state index contributed by atoms with van der Waals surface area (Å²) < 4.78 is 0. The van der Waals surface area contributed by atoms with Crippen molar-refractivity contribution in [3.05, 3.63) is 11.1 Å². The molecule has 1 aliphatic heterocycles. The third-order valence-electron chi connectivity index (χ3n) is 3.35. The van der Waals surface area contributed by atoms with Gasteiger partial charge in [0.25, 0.3) is 0 Å². The molecule has 0 unspecified atom stereocenters. The molecule has 1 aromatic rings. The Balaban J connectivity index is 2.00. The number of aromatic nitrogens is 1. The van der Waals surface area contributed by atoms with Gasteiger partial charge >= 0.3 is 5.97 Å². The van der Waals surface area contributed by atoms with E-state index in [1.807, 2.05) is 6.92 Å². The van der Waals surface area contributed by atoms with Gasteiger partial charge in [-0.15, -0.1) is 11.3 Å². The Morgan fingerprint density at radius 2 is 2.27 bits per heavy atom. The van der Waals surface area contributed by atoms with Gasteiger partial charge in [-0.25, -0.2) is 4.98 Å². The van der Waals surface area contributed by atoms with Crippen LogP contribution in [0.5, 0.6) is 0 Å². The van der Waals surface area contributed by atoms with Crippen LogP contribution in [0.3, 0.4) is 0 Å². The lowest BCUT2D eigenvalue weighted by Gasteiger charge is -2.19. The van der Waals surface area contributed by atoms with Gasteiger partial charge in [-0.2, -0.15) is 0 Å². The SMILES string of the molecule is CCCN(CC(=O)O)C(=O)Cc1csc(N2CCCC2=O)n1. The van der Waals surface area contributed by atoms with Crippen molar-refractivity contribution in [1.82, 2.24) is 9.88 Å². The zero-order chi connectivity index (χ0) is 16.1. The molecular formula is C14H19N3O4S. The highest BCUT2D eigenvalue weighted by molar-refractivity contribution is 7.14. The van der Waals surface area contributed by atoms with Gasteiger partial charge in [0, 0.05) is 24.9 Å². The van der Waals surface area contributed by atoms with Crippen LogP contribution in [0.1, 0.15) is 31.9 Å². The van der Waals surface area contributed by atoms with Gasteiger partial charge in [0.1, 0.15) is 6.54 Å². The summed E-state index contributed by atoms with van der Waals surface area (Å²) in [5, 5.41) is 11.2. The number of anilines is 1. The molecule has 2 rings (SSSR count). The van der Waals surface area contributed by atoms with E-state index in [4.69, 9.17) is 5.11 Å². The molecule has 0 saturated carbocycles. The number of hydrogen-bond acceptors (Lipinski definition) is 5. The van der Waals surface area contributed by atoms with E-state index in [0.29, 0.717) is 36.8 Å². The van der Waals surface area contributed by atoms with Crippen molar-refractivity contribution in [2.24, 2.45) is 0 Å². The van der Waals surface area contributed by atoms with E-state index in [0.717, 1.165) is 6.42 Å². The molecule has 2 amide bonds. The van der Waals surface area contributed by atoms with Gasteiger partial charge in [0.15, 0.2) is 5.13 Å². The number of hydrogen-bond donors (Lipinski definition) is 1. The standard InChI is InChI=1S/C14H19N3O4S/c1-2-5-16(8-13(20)21)12(19)7-10-9-22-14(15-10)17-6-3-4-11(17)18/h9H,2-8H2,1H3,(H,20,21). The molecule has 2 heterocycles. The minimum Gasteiger partial charge on any atom is -0.480 e. The zero-order valence-electron chi connectivity index (χ0n) is 12.4. The van der Waals surface area contributed by atoms with Crippen LogP contribution >= 0.6 is 11.3 Å². The van der Waals surface area contributed by atoms with Crippen LogP contribution < -0.4 is 4.90 Å². The Hall–Kier alpha value is -1.96. The average Bonchev–Trinajstić information content (AvgIpc) is 3.06. The second-order valence-corrected chi connectivity index (χ2v) is 5.99. The van der Waals surface area contributed by atoms with Gasteiger partial charge in [0.2, 0.25) is 11.8 Å². The summed E-state index contributed by atoms with van der Waals surface area (Å²) in [4.78, 5) is 42.0. The third-order valence-corrected chi connectivity index (χ3v) is 4.26. The summed E-state index contributed by atoms with van der Waals surface area (Å²) in [7, 11) is 0. The molecule has 1 aromatic heterocycles. The van der Waals surface area contributed by atoms with E-state index in [1.54, 1.807) is 10.3 Å². The van der Waals surface area contributed by atoms with E-state index in [-0.39, 0.29) is 24.8 Å². The second-order valence-electron chi connectivity index (χ2n) is 5.16. The monoisotopic (exact) mass is 325 g/mol. The van der Waals surface area contributed by atoms with Crippen molar-refractivity contribution in [3.63, 3.8) is 0 Å². The van der Waals surface area contributed by atoms with E-state index in [1.165, 1.54) is 16.2 Å². The quantitative estimate of drug-likeness (QED) is 0.811. The molecular weight excluding hydrogens is 306 g/mol. The van der Waals surface area contributed by atoms with Gasteiger partial charge in [-0.3, -0.25) is 19.3 Å². The molecule has 8 heteroatoms. The summed E-state index contributed by atoms with van der Waals surface area (Å²) in [5.74, 6) is -1.22. The van der Waals surface area contributed by atoms with E-state index in [2.05, 4.69) is 4.98 Å². The first-order chi connectivity index (χ1) is 10.5. The normalized spacial score (nSPS) is 14.4. The van der Waals surface area contributed by atoms with E-state index in [9.17, 15) is 14.4 Å². The number of amides is 2. The van der Waals surface area contributed by atoms with Crippen LogP contribution in [-0.2, 0) is 20.8 Å². The molecule has 0 spiro atoms. The van der Waals surface area contributed by atoms with Crippen molar-refractivity contribution in [3.8, 4) is 0 Å². The first kappa shape index (κ1) is 16.4. The fraction of sp³-hybridized carbons (Fsp3) is 0.571. The summed E-state index contributed by atoms with van der Waals surface area (Å²) in [6.07, 6.45) is 2.13. The molecule has 120 valence electrons.